The lowest BCUT2D eigenvalue weighted by molar-refractivity contribution is 0.217. The third-order valence-electron chi connectivity index (χ3n) is 4.64. The minimum Gasteiger partial charge on any atom is -0.396 e. The van der Waals surface area contributed by atoms with Gasteiger partial charge in [0.2, 0.25) is 0 Å². The molecule has 1 atom stereocenters. The van der Waals surface area contributed by atoms with Gasteiger partial charge in [-0.25, -0.2) is 0 Å². The van der Waals surface area contributed by atoms with Crippen LogP contribution < -0.4 is 5.32 Å². The van der Waals surface area contributed by atoms with Crippen molar-refractivity contribution in [3.05, 3.63) is 0 Å². The first-order chi connectivity index (χ1) is 8.67. The second kappa shape index (κ2) is 8.92. The SMILES string of the molecule is CCCC(CCO)CNC1CCC(C(C)C)CC1. The molecule has 0 saturated heterocycles. The third kappa shape index (κ3) is 5.71. The molecule has 108 valence electrons. The summed E-state index contributed by atoms with van der Waals surface area (Å²) in [5.41, 5.74) is 0. The van der Waals surface area contributed by atoms with Gasteiger partial charge in [0.1, 0.15) is 0 Å². The van der Waals surface area contributed by atoms with E-state index in [1.807, 2.05) is 0 Å². The lowest BCUT2D eigenvalue weighted by atomic mass is 9.79. The van der Waals surface area contributed by atoms with Gasteiger partial charge in [-0.1, -0.05) is 27.2 Å². The van der Waals surface area contributed by atoms with Gasteiger partial charge in [-0.3, -0.25) is 0 Å². The normalized spacial score (nSPS) is 26.5. The second-order valence-corrected chi connectivity index (χ2v) is 6.43. The number of rotatable bonds is 8. The Morgan fingerprint density at radius 3 is 2.28 bits per heavy atom. The highest BCUT2D eigenvalue weighted by molar-refractivity contribution is 4.79. The van der Waals surface area contributed by atoms with E-state index in [0.29, 0.717) is 12.5 Å². The predicted molar refractivity (Wildman–Crippen MR) is 78.7 cm³/mol. The quantitative estimate of drug-likeness (QED) is 0.695. The zero-order valence-corrected chi connectivity index (χ0v) is 12.6. The van der Waals surface area contributed by atoms with Crippen molar-refractivity contribution in [1.82, 2.24) is 5.32 Å². The highest BCUT2D eigenvalue weighted by Gasteiger charge is 2.23. The topological polar surface area (TPSA) is 32.3 Å². The monoisotopic (exact) mass is 255 g/mol. The summed E-state index contributed by atoms with van der Waals surface area (Å²) in [6.45, 7) is 8.39. The van der Waals surface area contributed by atoms with Crippen molar-refractivity contribution >= 4 is 0 Å². The number of aliphatic hydroxyl groups is 1. The maximum Gasteiger partial charge on any atom is 0.0434 e. The Bertz CT molecular complexity index is 191. The zero-order valence-electron chi connectivity index (χ0n) is 12.6. The summed E-state index contributed by atoms with van der Waals surface area (Å²) in [6, 6.07) is 0.734. The first kappa shape index (κ1) is 16.0. The molecule has 1 saturated carbocycles. The molecule has 1 aliphatic rings. The summed E-state index contributed by atoms with van der Waals surface area (Å²) in [4.78, 5) is 0. The van der Waals surface area contributed by atoms with Gasteiger partial charge in [-0.05, 0) is 62.8 Å². The molecular formula is C16H33NO. The predicted octanol–water partition coefficient (Wildman–Crippen LogP) is 3.59. The molecule has 0 radical (unpaired) electrons. The van der Waals surface area contributed by atoms with Gasteiger partial charge in [0.05, 0.1) is 0 Å². The van der Waals surface area contributed by atoms with Gasteiger partial charge in [0, 0.05) is 12.6 Å². The Kier molecular flexibility index (Phi) is 7.92. The van der Waals surface area contributed by atoms with Crippen molar-refractivity contribution in [2.75, 3.05) is 13.2 Å². The maximum absolute atomic E-state index is 9.07. The van der Waals surface area contributed by atoms with Crippen LogP contribution in [0.15, 0.2) is 0 Å². The fourth-order valence-corrected chi connectivity index (χ4v) is 3.26. The molecule has 0 spiro atoms. The van der Waals surface area contributed by atoms with E-state index in [4.69, 9.17) is 5.11 Å². The Balaban J connectivity index is 2.19. The van der Waals surface area contributed by atoms with E-state index in [9.17, 15) is 0 Å². The average Bonchev–Trinajstić information content (AvgIpc) is 2.37. The number of hydrogen-bond donors (Lipinski definition) is 2. The molecule has 18 heavy (non-hydrogen) atoms. The Hall–Kier alpha value is -0.0800. The first-order valence-electron chi connectivity index (χ1n) is 8.01. The van der Waals surface area contributed by atoms with E-state index >= 15 is 0 Å². The van der Waals surface area contributed by atoms with Gasteiger partial charge in [-0.15, -0.1) is 0 Å². The molecule has 1 unspecified atom stereocenters. The van der Waals surface area contributed by atoms with Crippen LogP contribution >= 0.6 is 0 Å². The van der Waals surface area contributed by atoms with E-state index in [1.165, 1.54) is 38.5 Å². The summed E-state index contributed by atoms with van der Waals surface area (Å²) in [7, 11) is 0. The molecule has 1 fully saturated rings. The summed E-state index contributed by atoms with van der Waals surface area (Å²) >= 11 is 0. The molecule has 1 aliphatic carbocycles. The molecular weight excluding hydrogens is 222 g/mol. The number of aliphatic hydroxyl groups excluding tert-OH is 1. The van der Waals surface area contributed by atoms with E-state index < -0.39 is 0 Å². The van der Waals surface area contributed by atoms with Gasteiger partial charge in [0.15, 0.2) is 0 Å². The zero-order chi connectivity index (χ0) is 13.4. The van der Waals surface area contributed by atoms with E-state index in [2.05, 4.69) is 26.1 Å². The molecule has 0 aliphatic heterocycles. The van der Waals surface area contributed by atoms with Crippen molar-refractivity contribution in [3.63, 3.8) is 0 Å². The van der Waals surface area contributed by atoms with Crippen LogP contribution in [-0.2, 0) is 0 Å². The fourth-order valence-electron chi connectivity index (χ4n) is 3.26. The summed E-state index contributed by atoms with van der Waals surface area (Å²) in [5, 5.41) is 12.8. The van der Waals surface area contributed by atoms with E-state index in [0.717, 1.165) is 30.8 Å². The second-order valence-electron chi connectivity index (χ2n) is 6.43. The highest BCUT2D eigenvalue weighted by atomic mass is 16.3. The molecule has 0 bridgehead atoms. The smallest absolute Gasteiger partial charge is 0.0434 e. The highest BCUT2D eigenvalue weighted by Crippen LogP contribution is 2.29. The van der Waals surface area contributed by atoms with Crippen LogP contribution in [0, 0.1) is 17.8 Å². The molecule has 1 rings (SSSR count). The fraction of sp³-hybridized carbons (Fsp3) is 1.00. The minimum atomic E-state index is 0.340. The van der Waals surface area contributed by atoms with Crippen LogP contribution in [0.25, 0.3) is 0 Å². The number of hydrogen-bond acceptors (Lipinski definition) is 2. The van der Waals surface area contributed by atoms with Crippen molar-refractivity contribution < 1.29 is 5.11 Å². The first-order valence-corrected chi connectivity index (χ1v) is 8.01. The van der Waals surface area contributed by atoms with Crippen LogP contribution in [0.5, 0.6) is 0 Å². The van der Waals surface area contributed by atoms with Crippen LogP contribution in [-0.4, -0.2) is 24.3 Å². The lowest BCUT2D eigenvalue weighted by Crippen LogP contribution is -2.37. The summed E-state index contributed by atoms with van der Waals surface area (Å²) in [5.74, 6) is 2.47. The van der Waals surface area contributed by atoms with Crippen molar-refractivity contribution in [2.45, 2.75) is 71.8 Å². The Morgan fingerprint density at radius 1 is 1.11 bits per heavy atom. The van der Waals surface area contributed by atoms with Crippen LogP contribution in [0.2, 0.25) is 0 Å². The average molecular weight is 255 g/mol. The van der Waals surface area contributed by atoms with E-state index in [-0.39, 0.29) is 0 Å². The molecule has 0 aromatic rings. The molecule has 0 aromatic carbocycles. The van der Waals surface area contributed by atoms with Crippen molar-refractivity contribution in [1.29, 1.82) is 0 Å². The third-order valence-corrected chi connectivity index (χ3v) is 4.64. The molecule has 0 heterocycles. The summed E-state index contributed by atoms with van der Waals surface area (Å²) in [6.07, 6.45) is 8.92. The minimum absolute atomic E-state index is 0.340. The van der Waals surface area contributed by atoms with Crippen LogP contribution in [0.3, 0.4) is 0 Å². The van der Waals surface area contributed by atoms with Crippen molar-refractivity contribution in [3.8, 4) is 0 Å². The van der Waals surface area contributed by atoms with Crippen molar-refractivity contribution in [2.24, 2.45) is 17.8 Å². The molecule has 2 N–H and O–H groups in total. The Morgan fingerprint density at radius 2 is 1.78 bits per heavy atom. The standard InChI is InChI=1S/C16H33NO/c1-4-5-14(10-11-18)12-17-16-8-6-15(7-9-16)13(2)3/h13-18H,4-12H2,1-3H3. The largest absolute Gasteiger partial charge is 0.396 e. The van der Waals surface area contributed by atoms with Gasteiger partial charge in [0.25, 0.3) is 0 Å². The van der Waals surface area contributed by atoms with Crippen LogP contribution in [0.4, 0.5) is 0 Å². The van der Waals surface area contributed by atoms with Crippen LogP contribution in [0.1, 0.15) is 65.7 Å². The number of nitrogens with one attached hydrogen (secondary N) is 1. The molecule has 2 nitrogen and oxygen atoms in total. The van der Waals surface area contributed by atoms with E-state index in [1.54, 1.807) is 0 Å². The Labute approximate surface area is 114 Å². The van der Waals surface area contributed by atoms with Gasteiger partial charge >= 0.3 is 0 Å². The lowest BCUT2D eigenvalue weighted by Gasteiger charge is -2.32. The maximum atomic E-state index is 9.07. The molecule has 0 aromatic heterocycles. The molecule has 2 heteroatoms. The van der Waals surface area contributed by atoms with Gasteiger partial charge < -0.3 is 10.4 Å². The van der Waals surface area contributed by atoms with Gasteiger partial charge in [-0.2, -0.15) is 0 Å². The summed E-state index contributed by atoms with van der Waals surface area (Å²) < 4.78 is 0. The molecule has 0 amide bonds.